The number of alkyl halides is 3. The molecule has 162 valence electrons. The minimum absolute atomic E-state index is 0. The third-order valence-electron chi connectivity index (χ3n) is 4.60. The summed E-state index contributed by atoms with van der Waals surface area (Å²) in [6.07, 6.45) is -0.399. The molecule has 0 spiro atoms. The molecular weight excluding hydrogens is 511 g/mol. The smallest absolute Gasteiger partial charge is 0.364 e. The first kappa shape index (κ1) is 24.0. The lowest BCUT2D eigenvalue weighted by molar-refractivity contribution is -0.138. The lowest BCUT2D eigenvalue weighted by atomic mass is 10.1. The van der Waals surface area contributed by atoms with Crippen LogP contribution in [0.2, 0.25) is 0 Å². The molecule has 4 nitrogen and oxygen atoms in total. The number of rotatable bonds is 5. The molecule has 2 aromatic rings. The van der Waals surface area contributed by atoms with Gasteiger partial charge in [-0.05, 0) is 35.4 Å². The molecule has 1 aliphatic rings. The van der Waals surface area contributed by atoms with Crippen LogP contribution in [0.5, 0.6) is 0 Å². The van der Waals surface area contributed by atoms with E-state index >= 15 is 0 Å². The summed E-state index contributed by atoms with van der Waals surface area (Å²) >= 11 is 0. The van der Waals surface area contributed by atoms with Gasteiger partial charge in [-0.3, -0.25) is 4.99 Å². The van der Waals surface area contributed by atoms with Crippen molar-refractivity contribution in [3.8, 4) is 0 Å². The monoisotopic (exact) mass is 534 g/mol. The molecule has 30 heavy (non-hydrogen) atoms. The van der Waals surface area contributed by atoms with Gasteiger partial charge in [0.15, 0.2) is 5.96 Å². The molecule has 0 bridgehead atoms. The van der Waals surface area contributed by atoms with Gasteiger partial charge in [-0.2, -0.15) is 13.2 Å². The highest BCUT2D eigenvalue weighted by Gasteiger charge is 2.33. The van der Waals surface area contributed by atoms with Gasteiger partial charge in [0.1, 0.15) is 5.82 Å². The Morgan fingerprint density at radius 2 is 1.73 bits per heavy atom. The molecule has 0 saturated heterocycles. The molecule has 0 radical (unpaired) electrons. The standard InChI is InChI=1S/C21H22F4N4.HI/c1-26-20(28-14-16-7-8-17(22)12-19(16)21(23,24)25)27-13-15-5-4-6-18(11-15)29-9-2-3-10-29;/h2-8,11-12H,9-10,13-14H2,1H3,(H2,26,27,28);1H. The molecule has 3 rings (SSSR count). The molecule has 0 aromatic heterocycles. The van der Waals surface area contributed by atoms with Crippen LogP contribution in [-0.4, -0.2) is 26.1 Å². The zero-order valence-electron chi connectivity index (χ0n) is 16.3. The van der Waals surface area contributed by atoms with E-state index in [4.69, 9.17) is 0 Å². The van der Waals surface area contributed by atoms with Crippen LogP contribution in [0.1, 0.15) is 16.7 Å². The van der Waals surface area contributed by atoms with Crippen LogP contribution < -0.4 is 15.5 Å². The normalized spacial score (nSPS) is 13.9. The summed E-state index contributed by atoms with van der Waals surface area (Å²) in [5.74, 6) is -0.563. The van der Waals surface area contributed by atoms with Crippen molar-refractivity contribution in [3.05, 3.63) is 77.1 Å². The summed E-state index contributed by atoms with van der Waals surface area (Å²) in [6, 6.07) is 10.7. The minimum atomic E-state index is -4.62. The Labute approximate surface area is 190 Å². The predicted molar refractivity (Wildman–Crippen MR) is 122 cm³/mol. The molecule has 0 aliphatic carbocycles. The van der Waals surface area contributed by atoms with Crippen molar-refractivity contribution in [3.63, 3.8) is 0 Å². The number of halogens is 5. The molecule has 0 amide bonds. The molecule has 1 aliphatic heterocycles. The molecule has 0 fully saturated rings. The Bertz CT molecular complexity index is 904. The first-order valence-electron chi connectivity index (χ1n) is 9.16. The molecule has 0 unspecified atom stereocenters. The maximum atomic E-state index is 13.2. The third kappa shape index (κ3) is 6.35. The third-order valence-corrected chi connectivity index (χ3v) is 4.60. The summed E-state index contributed by atoms with van der Waals surface area (Å²) in [4.78, 5) is 6.27. The first-order chi connectivity index (χ1) is 13.9. The molecule has 1 heterocycles. The van der Waals surface area contributed by atoms with E-state index in [9.17, 15) is 17.6 Å². The number of benzene rings is 2. The summed E-state index contributed by atoms with van der Waals surface area (Å²) in [7, 11) is 1.54. The summed E-state index contributed by atoms with van der Waals surface area (Å²) in [5.41, 5.74) is 1.09. The van der Waals surface area contributed by atoms with Gasteiger partial charge in [0, 0.05) is 38.9 Å². The van der Waals surface area contributed by atoms with E-state index in [2.05, 4.69) is 38.7 Å². The number of guanidine groups is 1. The average Bonchev–Trinajstić information content (AvgIpc) is 3.23. The van der Waals surface area contributed by atoms with E-state index in [1.807, 2.05) is 18.2 Å². The molecule has 0 saturated carbocycles. The lowest BCUT2D eigenvalue weighted by Gasteiger charge is -2.19. The second kappa shape index (κ2) is 10.6. The minimum Gasteiger partial charge on any atom is -0.364 e. The van der Waals surface area contributed by atoms with Gasteiger partial charge in [-0.1, -0.05) is 30.4 Å². The fraction of sp³-hybridized carbons (Fsp3) is 0.286. The van der Waals surface area contributed by atoms with Crippen molar-refractivity contribution in [2.45, 2.75) is 19.3 Å². The van der Waals surface area contributed by atoms with Crippen LogP contribution in [0.4, 0.5) is 23.2 Å². The molecule has 2 N–H and O–H groups in total. The van der Waals surface area contributed by atoms with E-state index in [0.717, 1.165) is 36.5 Å². The average molecular weight is 534 g/mol. The SMILES string of the molecule is CN=C(NCc1cccc(N2CC=CC2)c1)NCc1ccc(F)cc1C(F)(F)F.I. The predicted octanol–water partition coefficient (Wildman–Crippen LogP) is 4.70. The summed E-state index contributed by atoms with van der Waals surface area (Å²) in [5, 5.41) is 5.95. The molecule has 2 aromatic carbocycles. The first-order valence-corrected chi connectivity index (χ1v) is 9.16. The highest BCUT2D eigenvalue weighted by Crippen LogP contribution is 2.32. The number of nitrogens with one attached hydrogen (secondary N) is 2. The topological polar surface area (TPSA) is 39.7 Å². The van der Waals surface area contributed by atoms with Crippen LogP contribution in [0.3, 0.4) is 0 Å². The van der Waals surface area contributed by atoms with Gasteiger partial charge >= 0.3 is 6.18 Å². The van der Waals surface area contributed by atoms with E-state index < -0.39 is 17.6 Å². The zero-order valence-corrected chi connectivity index (χ0v) is 18.7. The maximum absolute atomic E-state index is 13.2. The van der Waals surface area contributed by atoms with Crippen molar-refractivity contribution in [2.75, 3.05) is 25.0 Å². The van der Waals surface area contributed by atoms with Crippen LogP contribution in [0, 0.1) is 5.82 Å². The number of nitrogens with zero attached hydrogens (tertiary/aromatic N) is 2. The highest BCUT2D eigenvalue weighted by atomic mass is 127. The van der Waals surface area contributed by atoms with Gasteiger partial charge in [0.2, 0.25) is 0 Å². The molecular formula is C21H23F4IN4. The van der Waals surface area contributed by atoms with Gasteiger partial charge in [-0.15, -0.1) is 24.0 Å². The Morgan fingerprint density at radius 1 is 1.03 bits per heavy atom. The lowest BCUT2D eigenvalue weighted by Crippen LogP contribution is -2.36. The van der Waals surface area contributed by atoms with E-state index in [1.165, 1.54) is 7.05 Å². The number of aliphatic imine (C=N–C) groups is 1. The Morgan fingerprint density at radius 3 is 2.40 bits per heavy atom. The molecule has 9 heteroatoms. The van der Waals surface area contributed by atoms with Gasteiger partial charge < -0.3 is 15.5 Å². The van der Waals surface area contributed by atoms with Crippen molar-refractivity contribution >= 4 is 35.6 Å². The fourth-order valence-corrected chi connectivity index (χ4v) is 3.10. The summed E-state index contributed by atoms with van der Waals surface area (Å²) < 4.78 is 52.6. The Hall–Kier alpha value is -2.30. The zero-order chi connectivity index (χ0) is 20.9. The van der Waals surface area contributed by atoms with Crippen LogP contribution in [-0.2, 0) is 19.3 Å². The van der Waals surface area contributed by atoms with Crippen molar-refractivity contribution in [2.24, 2.45) is 4.99 Å². The van der Waals surface area contributed by atoms with Crippen molar-refractivity contribution < 1.29 is 17.6 Å². The van der Waals surface area contributed by atoms with E-state index in [0.29, 0.717) is 18.6 Å². The Kier molecular flexibility index (Phi) is 8.51. The quantitative estimate of drug-likeness (QED) is 0.192. The van der Waals surface area contributed by atoms with Crippen LogP contribution in [0.25, 0.3) is 0 Å². The fourth-order valence-electron chi connectivity index (χ4n) is 3.10. The second-order valence-electron chi connectivity index (χ2n) is 6.62. The summed E-state index contributed by atoms with van der Waals surface area (Å²) in [6.45, 7) is 2.08. The van der Waals surface area contributed by atoms with E-state index in [-0.39, 0.29) is 36.1 Å². The number of hydrogen-bond donors (Lipinski definition) is 2. The highest BCUT2D eigenvalue weighted by molar-refractivity contribution is 14.0. The van der Waals surface area contributed by atoms with Crippen LogP contribution >= 0.6 is 24.0 Å². The maximum Gasteiger partial charge on any atom is 0.416 e. The number of anilines is 1. The van der Waals surface area contributed by atoms with Crippen LogP contribution in [0.15, 0.2) is 59.6 Å². The second-order valence-corrected chi connectivity index (χ2v) is 6.62. The molecule has 0 atom stereocenters. The van der Waals surface area contributed by atoms with Gasteiger partial charge in [0.25, 0.3) is 0 Å². The number of hydrogen-bond acceptors (Lipinski definition) is 2. The van der Waals surface area contributed by atoms with E-state index in [1.54, 1.807) is 0 Å². The van der Waals surface area contributed by atoms with Crippen molar-refractivity contribution in [1.82, 2.24) is 10.6 Å². The van der Waals surface area contributed by atoms with Crippen molar-refractivity contribution in [1.29, 1.82) is 0 Å². The Balaban J connectivity index is 0.00000320. The van der Waals surface area contributed by atoms with Gasteiger partial charge in [0.05, 0.1) is 5.56 Å². The largest absolute Gasteiger partial charge is 0.416 e. The van der Waals surface area contributed by atoms with Gasteiger partial charge in [-0.25, -0.2) is 4.39 Å².